The van der Waals surface area contributed by atoms with Crippen molar-refractivity contribution < 1.29 is 0 Å². The molecule has 1 atom stereocenters. The molecule has 0 fully saturated rings. The van der Waals surface area contributed by atoms with E-state index in [9.17, 15) is 0 Å². The van der Waals surface area contributed by atoms with E-state index in [0.29, 0.717) is 0 Å². The van der Waals surface area contributed by atoms with Gasteiger partial charge in [-0.2, -0.15) is 5.10 Å². The minimum absolute atomic E-state index is 0.266. The maximum absolute atomic E-state index is 6.43. The lowest BCUT2D eigenvalue weighted by molar-refractivity contribution is 0.563. The van der Waals surface area contributed by atoms with Gasteiger partial charge in [0.1, 0.15) is 0 Å². The number of hydrogen-bond donors (Lipinski definition) is 1. The summed E-state index contributed by atoms with van der Waals surface area (Å²) < 4.78 is 1.98. The van der Waals surface area contributed by atoms with Crippen LogP contribution in [-0.2, 0) is 13.0 Å². The van der Waals surface area contributed by atoms with Crippen LogP contribution in [0.1, 0.15) is 29.8 Å². The third kappa shape index (κ3) is 3.60. The minimum Gasteiger partial charge on any atom is -0.319 e. The van der Waals surface area contributed by atoms with Crippen molar-refractivity contribution in [3.8, 4) is 0 Å². The van der Waals surface area contributed by atoms with E-state index in [1.807, 2.05) is 36.9 Å². The average molecular weight is 326 g/mol. The quantitative estimate of drug-likeness (QED) is 0.867. The summed E-state index contributed by atoms with van der Waals surface area (Å²) in [6.07, 6.45) is 0.818. The summed E-state index contributed by atoms with van der Waals surface area (Å²) in [6, 6.07) is 7.99. The van der Waals surface area contributed by atoms with Crippen LogP contribution in [0.3, 0.4) is 0 Å². The molecule has 0 saturated heterocycles. The Bertz CT molecular complexity index is 608. The number of likely N-dealkylation sites (N-methyl/N-ethyl adjacent to an activating group) is 1. The third-order valence-electron chi connectivity index (χ3n) is 3.69. The maximum Gasteiger partial charge on any atom is 0.0847 e. The van der Waals surface area contributed by atoms with Gasteiger partial charge in [-0.05, 0) is 38.9 Å². The summed E-state index contributed by atoms with van der Waals surface area (Å²) in [5.74, 6) is 0.266. The number of aryl methyl sites for hydroxylation is 2. The molecule has 2 rings (SSSR count). The molecular weight excluding hydrogens is 305 g/mol. The third-order valence-corrected chi connectivity index (χ3v) is 4.52. The van der Waals surface area contributed by atoms with Crippen molar-refractivity contribution in [2.24, 2.45) is 0 Å². The lowest BCUT2D eigenvalue weighted by Gasteiger charge is -2.19. The topological polar surface area (TPSA) is 29.9 Å². The molecule has 0 aliphatic heterocycles. The predicted octanol–water partition coefficient (Wildman–Crippen LogP) is 4.06. The van der Waals surface area contributed by atoms with Gasteiger partial charge in [-0.1, -0.05) is 41.4 Å². The van der Waals surface area contributed by atoms with Gasteiger partial charge < -0.3 is 5.32 Å². The number of aromatic nitrogens is 2. The molecule has 0 saturated carbocycles. The SMILES string of the molecule is CCn1nc(C)c(Cl)c1CC(CNC)c1ccccc1Cl. The zero-order valence-corrected chi connectivity index (χ0v) is 14.2. The number of nitrogens with zero attached hydrogens (tertiary/aromatic N) is 2. The van der Waals surface area contributed by atoms with Gasteiger partial charge >= 0.3 is 0 Å². The largest absolute Gasteiger partial charge is 0.319 e. The van der Waals surface area contributed by atoms with Gasteiger partial charge in [0.15, 0.2) is 0 Å². The molecule has 1 aromatic carbocycles. The van der Waals surface area contributed by atoms with Crippen LogP contribution in [0.15, 0.2) is 24.3 Å². The van der Waals surface area contributed by atoms with Crippen LogP contribution in [0.25, 0.3) is 0 Å². The van der Waals surface area contributed by atoms with Gasteiger partial charge in [0.2, 0.25) is 0 Å². The molecule has 114 valence electrons. The Morgan fingerprint density at radius 2 is 2.00 bits per heavy atom. The summed E-state index contributed by atoms with van der Waals surface area (Å²) in [7, 11) is 1.95. The van der Waals surface area contributed by atoms with E-state index in [-0.39, 0.29) is 5.92 Å². The number of benzene rings is 1. The molecule has 5 heteroatoms. The van der Waals surface area contributed by atoms with Gasteiger partial charge in [-0.25, -0.2) is 0 Å². The normalized spacial score (nSPS) is 12.6. The fourth-order valence-electron chi connectivity index (χ4n) is 2.64. The van der Waals surface area contributed by atoms with Crippen LogP contribution in [0, 0.1) is 6.92 Å². The fourth-order valence-corrected chi connectivity index (χ4v) is 3.14. The van der Waals surface area contributed by atoms with Crippen LogP contribution in [-0.4, -0.2) is 23.4 Å². The Kier molecular flexibility index (Phi) is 5.68. The smallest absolute Gasteiger partial charge is 0.0847 e. The zero-order chi connectivity index (χ0) is 15.4. The van der Waals surface area contributed by atoms with E-state index in [2.05, 4.69) is 23.4 Å². The van der Waals surface area contributed by atoms with E-state index in [4.69, 9.17) is 23.2 Å². The molecule has 2 aromatic rings. The second kappa shape index (κ2) is 7.30. The standard InChI is InChI=1S/C16H21Cl2N3/c1-4-21-15(16(18)11(2)20-21)9-12(10-19-3)13-7-5-6-8-14(13)17/h5-8,12,19H,4,9-10H2,1-3H3. The van der Waals surface area contributed by atoms with Crippen molar-refractivity contribution in [1.29, 1.82) is 0 Å². The van der Waals surface area contributed by atoms with Crippen molar-refractivity contribution in [1.82, 2.24) is 15.1 Å². The Morgan fingerprint density at radius 3 is 2.62 bits per heavy atom. The molecule has 1 aromatic heterocycles. The number of halogens is 2. The summed E-state index contributed by atoms with van der Waals surface area (Å²) in [4.78, 5) is 0. The first-order chi connectivity index (χ1) is 10.1. The van der Waals surface area contributed by atoms with E-state index in [0.717, 1.165) is 46.5 Å². The first kappa shape index (κ1) is 16.3. The second-order valence-electron chi connectivity index (χ2n) is 5.14. The molecule has 0 amide bonds. The molecule has 1 N–H and O–H groups in total. The predicted molar refractivity (Wildman–Crippen MR) is 89.5 cm³/mol. The molecule has 21 heavy (non-hydrogen) atoms. The summed E-state index contributed by atoms with van der Waals surface area (Å²) in [6.45, 7) is 5.68. The molecule has 0 radical (unpaired) electrons. The Hall–Kier alpha value is -1.03. The molecule has 0 spiro atoms. The molecular formula is C16H21Cl2N3. The number of nitrogens with one attached hydrogen (secondary N) is 1. The average Bonchev–Trinajstić information content (AvgIpc) is 2.75. The van der Waals surface area contributed by atoms with Crippen LogP contribution in [0.5, 0.6) is 0 Å². The fraction of sp³-hybridized carbons (Fsp3) is 0.438. The van der Waals surface area contributed by atoms with Crippen molar-refractivity contribution in [3.05, 3.63) is 51.3 Å². The van der Waals surface area contributed by atoms with Gasteiger partial charge in [-0.15, -0.1) is 0 Å². The molecule has 0 bridgehead atoms. The van der Waals surface area contributed by atoms with Gasteiger partial charge in [0.25, 0.3) is 0 Å². The van der Waals surface area contributed by atoms with Crippen molar-refractivity contribution in [3.63, 3.8) is 0 Å². The van der Waals surface area contributed by atoms with Crippen molar-refractivity contribution in [2.75, 3.05) is 13.6 Å². The molecule has 0 aliphatic carbocycles. The monoisotopic (exact) mass is 325 g/mol. The highest BCUT2D eigenvalue weighted by Crippen LogP contribution is 2.30. The number of hydrogen-bond acceptors (Lipinski definition) is 2. The number of rotatable bonds is 6. The van der Waals surface area contributed by atoms with Crippen LogP contribution < -0.4 is 5.32 Å². The van der Waals surface area contributed by atoms with E-state index < -0.39 is 0 Å². The Labute approximate surface area is 136 Å². The maximum atomic E-state index is 6.43. The van der Waals surface area contributed by atoms with Crippen molar-refractivity contribution in [2.45, 2.75) is 32.7 Å². The molecule has 0 aliphatic rings. The van der Waals surface area contributed by atoms with Crippen LogP contribution >= 0.6 is 23.2 Å². The highest BCUT2D eigenvalue weighted by atomic mass is 35.5. The van der Waals surface area contributed by atoms with Crippen LogP contribution in [0.4, 0.5) is 0 Å². The summed E-state index contributed by atoms with van der Waals surface area (Å²) >= 11 is 12.8. The lowest BCUT2D eigenvalue weighted by Crippen LogP contribution is -2.21. The summed E-state index contributed by atoms with van der Waals surface area (Å²) in [5, 5.41) is 9.30. The van der Waals surface area contributed by atoms with Gasteiger partial charge in [-0.3, -0.25) is 4.68 Å². The van der Waals surface area contributed by atoms with E-state index >= 15 is 0 Å². The highest BCUT2D eigenvalue weighted by Gasteiger charge is 2.20. The first-order valence-electron chi connectivity index (χ1n) is 7.19. The Balaban J connectivity index is 2.35. The molecule has 3 nitrogen and oxygen atoms in total. The van der Waals surface area contributed by atoms with E-state index in [1.165, 1.54) is 0 Å². The van der Waals surface area contributed by atoms with Gasteiger partial charge in [0, 0.05) is 24.0 Å². The molecule has 1 heterocycles. The van der Waals surface area contributed by atoms with Gasteiger partial charge in [0.05, 0.1) is 16.4 Å². The molecule has 1 unspecified atom stereocenters. The summed E-state index contributed by atoms with van der Waals surface area (Å²) in [5.41, 5.74) is 3.11. The van der Waals surface area contributed by atoms with E-state index in [1.54, 1.807) is 0 Å². The Morgan fingerprint density at radius 1 is 1.29 bits per heavy atom. The minimum atomic E-state index is 0.266. The zero-order valence-electron chi connectivity index (χ0n) is 12.7. The highest BCUT2D eigenvalue weighted by molar-refractivity contribution is 6.32. The van der Waals surface area contributed by atoms with Crippen molar-refractivity contribution >= 4 is 23.2 Å². The van der Waals surface area contributed by atoms with Crippen LogP contribution in [0.2, 0.25) is 10.0 Å². The first-order valence-corrected chi connectivity index (χ1v) is 7.94. The lowest BCUT2D eigenvalue weighted by atomic mass is 9.93. The second-order valence-corrected chi connectivity index (χ2v) is 5.93.